The van der Waals surface area contributed by atoms with E-state index in [-0.39, 0.29) is 11.8 Å². The van der Waals surface area contributed by atoms with Gasteiger partial charge in [-0.05, 0) is 62.9 Å². The number of amides is 2. The van der Waals surface area contributed by atoms with E-state index in [1.165, 1.54) is 6.26 Å². The maximum Gasteiger partial charge on any atom is 0.259 e. The number of benzene rings is 1. The van der Waals surface area contributed by atoms with E-state index in [1.807, 2.05) is 7.05 Å². The highest BCUT2D eigenvalue weighted by Gasteiger charge is 2.17. The zero-order chi connectivity index (χ0) is 19.2. The first-order valence-corrected chi connectivity index (χ1v) is 9.37. The van der Waals surface area contributed by atoms with Crippen LogP contribution in [0, 0.1) is 6.92 Å². The van der Waals surface area contributed by atoms with Gasteiger partial charge < -0.3 is 19.4 Å². The Hall–Kier alpha value is -2.60. The minimum absolute atomic E-state index is 0.0223. The number of carbonyl (C=O) groups excluding carboxylic acids is 2. The molecule has 1 saturated heterocycles. The quantitative estimate of drug-likeness (QED) is 0.803. The van der Waals surface area contributed by atoms with Gasteiger partial charge in [-0.2, -0.15) is 0 Å². The molecule has 2 amide bonds. The van der Waals surface area contributed by atoms with Crippen LogP contribution in [0.4, 0.5) is 5.69 Å². The molecule has 27 heavy (non-hydrogen) atoms. The SMILES string of the molecule is Cc1occc1C(=O)Nc1ccc(C(=O)N(C)CCC[C@H]2CCCO2)cc1. The zero-order valence-corrected chi connectivity index (χ0v) is 15.9. The number of nitrogens with one attached hydrogen (secondary N) is 1. The third-order valence-electron chi connectivity index (χ3n) is 4.88. The van der Waals surface area contributed by atoms with Gasteiger partial charge >= 0.3 is 0 Å². The minimum atomic E-state index is -0.230. The van der Waals surface area contributed by atoms with Gasteiger partial charge in [0.1, 0.15) is 5.76 Å². The second-order valence-electron chi connectivity index (χ2n) is 6.93. The van der Waals surface area contributed by atoms with Crippen molar-refractivity contribution in [2.24, 2.45) is 0 Å². The number of nitrogens with zero attached hydrogens (tertiary/aromatic N) is 1. The Kier molecular flexibility index (Phi) is 6.29. The maximum absolute atomic E-state index is 12.5. The average molecular weight is 370 g/mol. The van der Waals surface area contributed by atoms with E-state index >= 15 is 0 Å². The van der Waals surface area contributed by atoms with E-state index in [0.29, 0.717) is 35.2 Å². The molecule has 1 aromatic heterocycles. The summed E-state index contributed by atoms with van der Waals surface area (Å²) in [6.07, 6.45) is 6.04. The summed E-state index contributed by atoms with van der Waals surface area (Å²) in [4.78, 5) is 26.5. The fourth-order valence-electron chi connectivity index (χ4n) is 3.27. The molecular formula is C21H26N2O4. The molecule has 2 aromatic rings. The van der Waals surface area contributed by atoms with Crippen molar-refractivity contribution in [3.8, 4) is 0 Å². The van der Waals surface area contributed by atoms with Crippen molar-refractivity contribution >= 4 is 17.5 Å². The Labute approximate surface area is 159 Å². The number of ether oxygens (including phenoxy) is 1. The van der Waals surface area contributed by atoms with Crippen LogP contribution in [0.2, 0.25) is 0 Å². The Morgan fingerprint density at radius 3 is 2.63 bits per heavy atom. The molecule has 1 N–H and O–H groups in total. The molecular weight excluding hydrogens is 344 g/mol. The molecule has 3 rings (SSSR count). The summed E-state index contributed by atoms with van der Waals surface area (Å²) in [7, 11) is 1.81. The fourth-order valence-corrected chi connectivity index (χ4v) is 3.27. The molecule has 0 radical (unpaired) electrons. The molecule has 0 spiro atoms. The van der Waals surface area contributed by atoms with Crippen LogP contribution >= 0.6 is 0 Å². The van der Waals surface area contributed by atoms with Crippen LogP contribution in [-0.4, -0.2) is 43.0 Å². The Morgan fingerprint density at radius 2 is 2.00 bits per heavy atom. The first kappa shape index (κ1) is 19.2. The van der Waals surface area contributed by atoms with Crippen molar-refractivity contribution in [3.63, 3.8) is 0 Å². The number of carbonyl (C=O) groups is 2. The Bertz CT molecular complexity index is 776. The van der Waals surface area contributed by atoms with Crippen molar-refractivity contribution in [1.82, 2.24) is 4.90 Å². The molecule has 0 saturated carbocycles. The number of rotatable bonds is 7. The lowest BCUT2D eigenvalue weighted by Crippen LogP contribution is -2.28. The predicted octanol–water partition coefficient (Wildman–Crippen LogP) is 3.87. The van der Waals surface area contributed by atoms with Crippen LogP contribution in [0.5, 0.6) is 0 Å². The highest BCUT2D eigenvalue weighted by atomic mass is 16.5. The maximum atomic E-state index is 12.5. The number of hydrogen-bond donors (Lipinski definition) is 1. The molecule has 0 aliphatic carbocycles. The van der Waals surface area contributed by atoms with Crippen molar-refractivity contribution in [2.75, 3.05) is 25.5 Å². The number of hydrogen-bond acceptors (Lipinski definition) is 4. The molecule has 1 aliphatic heterocycles. The summed E-state index contributed by atoms with van der Waals surface area (Å²) in [6.45, 7) is 3.31. The third kappa shape index (κ3) is 4.98. The van der Waals surface area contributed by atoms with E-state index in [4.69, 9.17) is 9.15 Å². The molecule has 6 nitrogen and oxygen atoms in total. The first-order chi connectivity index (χ1) is 13.0. The summed E-state index contributed by atoms with van der Waals surface area (Å²) in [5, 5.41) is 2.81. The number of furan rings is 1. The summed E-state index contributed by atoms with van der Waals surface area (Å²) in [5.41, 5.74) is 1.74. The number of anilines is 1. The van der Waals surface area contributed by atoms with Gasteiger partial charge in [-0.1, -0.05) is 0 Å². The van der Waals surface area contributed by atoms with E-state index in [0.717, 1.165) is 32.3 Å². The van der Waals surface area contributed by atoms with Gasteiger partial charge in [-0.3, -0.25) is 9.59 Å². The van der Waals surface area contributed by atoms with Crippen molar-refractivity contribution in [1.29, 1.82) is 0 Å². The first-order valence-electron chi connectivity index (χ1n) is 9.37. The van der Waals surface area contributed by atoms with Crippen LogP contribution in [0.3, 0.4) is 0 Å². The fraction of sp³-hybridized carbons (Fsp3) is 0.429. The van der Waals surface area contributed by atoms with Gasteiger partial charge in [-0.25, -0.2) is 0 Å². The molecule has 0 unspecified atom stereocenters. The van der Waals surface area contributed by atoms with Crippen LogP contribution < -0.4 is 5.32 Å². The van der Waals surface area contributed by atoms with E-state index < -0.39 is 0 Å². The van der Waals surface area contributed by atoms with Crippen molar-refractivity contribution < 1.29 is 18.7 Å². The second-order valence-corrected chi connectivity index (χ2v) is 6.93. The molecule has 0 bridgehead atoms. The third-order valence-corrected chi connectivity index (χ3v) is 4.88. The van der Waals surface area contributed by atoms with Gasteiger partial charge in [-0.15, -0.1) is 0 Å². The summed E-state index contributed by atoms with van der Waals surface area (Å²) < 4.78 is 10.8. The standard InChI is InChI=1S/C21H26N2O4/c1-15-19(11-14-26-15)20(24)22-17-9-7-16(8-10-17)21(25)23(2)12-3-5-18-6-4-13-27-18/h7-11,14,18H,3-6,12-13H2,1-2H3,(H,22,24)/t18-/m0/s1. The van der Waals surface area contributed by atoms with Gasteiger partial charge in [0.15, 0.2) is 0 Å². The van der Waals surface area contributed by atoms with Crippen molar-refractivity contribution in [3.05, 3.63) is 53.5 Å². The number of aryl methyl sites for hydroxylation is 1. The van der Waals surface area contributed by atoms with Crippen LogP contribution in [0.1, 0.15) is 52.2 Å². The normalized spacial score (nSPS) is 16.3. The summed E-state index contributed by atoms with van der Waals surface area (Å²) >= 11 is 0. The minimum Gasteiger partial charge on any atom is -0.469 e. The van der Waals surface area contributed by atoms with E-state index in [1.54, 1.807) is 42.2 Å². The van der Waals surface area contributed by atoms with Gasteiger partial charge in [0.2, 0.25) is 0 Å². The Morgan fingerprint density at radius 1 is 1.22 bits per heavy atom. The molecule has 1 aliphatic rings. The van der Waals surface area contributed by atoms with Gasteiger partial charge in [0, 0.05) is 31.5 Å². The molecule has 1 aromatic carbocycles. The van der Waals surface area contributed by atoms with Crippen LogP contribution in [0.25, 0.3) is 0 Å². The summed E-state index contributed by atoms with van der Waals surface area (Å²) in [6, 6.07) is 8.57. The second kappa shape index (κ2) is 8.86. The molecule has 1 atom stereocenters. The van der Waals surface area contributed by atoms with Gasteiger partial charge in [0.25, 0.3) is 11.8 Å². The lowest BCUT2D eigenvalue weighted by Gasteiger charge is -2.18. The molecule has 6 heteroatoms. The van der Waals surface area contributed by atoms with E-state index in [2.05, 4.69) is 5.32 Å². The van der Waals surface area contributed by atoms with E-state index in [9.17, 15) is 9.59 Å². The van der Waals surface area contributed by atoms with Gasteiger partial charge in [0.05, 0.1) is 17.9 Å². The summed E-state index contributed by atoms with van der Waals surface area (Å²) in [5.74, 6) is 0.321. The smallest absolute Gasteiger partial charge is 0.259 e. The Balaban J connectivity index is 1.50. The molecule has 1 fully saturated rings. The highest BCUT2D eigenvalue weighted by molar-refractivity contribution is 6.05. The molecule has 144 valence electrons. The van der Waals surface area contributed by atoms with Crippen LogP contribution in [0.15, 0.2) is 41.0 Å². The average Bonchev–Trinajstić information content (AvgIpc) is 3.33. The zero-order valence-electron chi connectivity index (χ0n) is 15.9. The van der Waals surface area contributed by atoms with Crippen molar-refractivity contribution in [2.45, 2.75) is 38.7 Å². The topological polar surface area (TPSA) is 71.8 Å². The largest absolute Gasteiger partial charge is 0.469 e. The molecule has 2 heterocycles. The predicted molar refractivity (Wildman–Crippen MR) is 103 cm³/mol. The van der Waals surface area contributed by atoms with Crippen LogP contribution in [-0.2, 0) is 4.74 Å². The lowest BCUT2D eigenvalue weighted by molar-refractivity contribution is 0.0763. The lowest BCUT2D eigenvalue weighted by atomic mass is 10.1. The monoisotopic (exact) mass is 370 g/mol. The highest BCUT2D eigenvalue weighted by Crippen LogP contribution is 2.18.